The van der Waals surface area contributed by atoms with Crippen LogP contribution in [0.1, 0.15) is 18.4 Å². The highest BCUT2D eigenvalue weighted by molar-refractivity contribution is 7.92. The van der Waals surface area contributed by atoms with Gasteiger partial charge < -0.3 is 0 Å². The Labute approximate surface area is 106 Å². The number of halogens is 1. The molecule has 6 heteroatoms. The molecule has 1 fully saturated rings. The summed E-state index contributed by atoms with van der Waals surface area (Å²) in [4.78, 5) is 0. The van der Waals surface area contributed by atoms with Crippen molar-refractivity contribution in [1.29, 1.82) is 0 Å². The summed E-state index contributed by atoms with van der Waals surface area (Å²) >= 11 is 5.82. The van der Waals surface area contributed by atoms with Crippen LogP contribution < -0.4 is 10.9 Å². The van der Waals surface area contributed by atoms with E-state index in [-0.39, 0.29) is 11.7 Å². The fourth-order valence-electron chi connectivity index (χ4n) is 2.00. The third kappa shape index (κ3) is 2.63. The minimum atomic E-state index is -3.11. The van der Waals surface area contributed by atoms with Gasteiger partial charge in [0.05, 0.1) is 0 Å². The van der Waals surface area contributed by atoms with Crippen molar-refractivity contribution in [1.82, 2.24) is 10.9 Å². The Morgan fingerprint density at radius 3 is 2.59 bits per heavy atom. The Morgan fingerprint density at radius 2 is 2.00 bits per heavy atom. The number of benzene rings is 1. The second kappa shape index (κ2) is 4.94. The largest absolute Gasteiger partial charge is 0.256 e. The second-order valence-corrected chi connectivity index (χ2v) is 6.90. The smallest absolute Gasteiger partial charge is 0.167 e. The van der Waals surface area contributed by atoms with Gasteiger partial charge in [-0.2, -0.15) is 0 Å². The van der Waals surface area contributed by atoms with Crippen molar-refractivity contribution < 1.29 is 8.42 Å². The molecule has 2 rings (SSSR count). The number of hydrazine groups is 1. The van der Waals surface area contributed by atoms with Crippen molar-refractivity contribution in [2.24, 2.45) is 0 Å². The van der Waals surface area contributed by atoms with E-state index < -0.39 is 15.2 Å². The van der Waals surface area contributed by atoms with Gasteiger partial charge in [-0.3, -0.25) is 5.43 Å². The topological polar surface area (TPSA) is 58.2 Å². The molecule has 1 aliphatic rings. The van der Waals surface area contributed by atoms with Crippen molar-refractivity contribution >= 4 is 21.4 Å². The lowest BCUT2D eigenvalue weighted by Crippen LogP contribution is -2.38. The molecular formula is C11H15ClN2O2S. The molecule has 0 bridgehead atoms. The highest BCUT2D eigenvalue weighted by Crippen LogP contribution is 2.26. The Bertz CT molecular complexity index is 487. The summed E-state index contributed by atoms with van der Waals surface area (Å²) in [5, 5.41) is 0.0937. The zero-order valence-electron chi connectivity index (χ0n) is 9.48. The number of nitrogens with one attached hydrogen (secondary N) is 2. The van der Waals surface area contributed by atoms with E-state index in [0.717, 1.165) is 5.56 Å². The number of sulfone groups is 1. The zero-order chi connectivity index (χ0) is 12.5. The normalized spacial score (nSPS) is 25.1. The quantitative estimate of drug-likeness (QED) is 0.872. The van der Waals surface area contributed by atoms with Crippen LogP contribution in [0.2, 0.25) is 5.02 Å². The number of hydrogen-bond acceptors (Lipinski definition) is 4. The molecule has 17 heavy (non-hydrogen) atoms. The van der Waals surface area contributed by atoms with Gasteiger partial charge in [0.15, 0.2) is 9.84 Å². The van der Waals surface area contributed by atoms with Crippen LogP contribution in [-0.2, 0) is 9.84 Å². The average molecular weight is 275 g/mol. The van der Waals surface area contributed by atoms with E-state index in [9.17, 15) is 8.42 Å². The molecule has 0 aromatic heterocycles. The molecule has 1 aromatic carbocycles. The third-order valence-corrected chi connectivity index (χ3v) is 5.30. The van der Waals surface area contributed by atoms with Crippen LogP contribution in [0.3, 0.4) is 0 Å². The van der Waals surface area contributed by atoms with E-state index >= 15 is 0 Å². The summed E-state index contributed by atoms with van der Waals surface area (Å²) in [6.45, 7) is 2.26. The number of hydrogen-bond donors (Lipinski definition) is 2. The minimum absolute atomic E-state index is 0.0720. The van der Waals surface area contributed by atoms with E-state index in [1.807, 2.05) is 12.1 Å². The fourth-order valence-corrected chi connectivity index (χ4v) is 3.50. The predicted molar refractivity (Wildman–Crippen MR) is 68.6 cm³/mol. The van der Waals surface area contributed by atoms with Crippen LogP contribution in [0.5, 0.6) is 0 Å². The first kappa shape index (κ1) is 12.8. The molecule has 0 aliphatic carbocycles. The maximum atomic E-state index is 11.9. The van der Waals surface area contributed by atoms with Gasteiger partial charge >= 0.3 is 0 Å². The second-order valence-electron chi connectivity index (χ2n) is 4.06. The standard InChI is InChI=1S/C11H15ClN2O2S/c1-2-17(15,16)11-10(7-13-14-11)8-3-5-9(12)6-4-8/h3-6,10-11,13-14H,2,7H2,1H3. The number of rotatable bonds is 3. The van der Waals surface area contributed by atoms with Gasteiger partial charge in [0.2, 0.25) is 0 Å². The summed E-state index contributed by atoms with van der Waals surface area (Å²) in [7, 11) is -3.11. The van der Waals surface area contributed by atoms with E-state index in [1.54, 1.807) is 19.1 Å². The third-order valence-electron chi connectivity index (χ3n) is 3.02. The first-order valence-electron chi connectivity index (χ1n) is 5.50. The molecule has 1 aliphatic heterocycles. The molecule has 4 nitrogen and oxygen atoms in total. The maximum absolute atomic E-state index is 11.9. The first-order chi connectivity index (χ1) is 8.04. The molecule has 2 N–H and O–H groups in total. The molecular weight excluding hydrogens is 260 g/mol. The van der Waals surface area contributed by atoms with E-state index in [2.05, 4.69) is 10.9 Å². The molecule has 94 valence electrons. The fraction of sp³-hybridized carbons (Fsp3) is 0.455. The average Bonchev–Trinajstić information content (AvgIpc) is 2.80. The first-order valence-corrected chi connectivity index (χ1v) is 7.59. The van der Waals surface area contributed by atoms with Crippen molar-refractivity contribution in [2.45, 2.75) is 18.2 Å². The highest BCUT2D eigenvalue weighted by Gasteiger charge is 2.36. The molecule has 1 aromatic rings. The summed E-state index contributed by atoms with van der Waals surface area (Å²) in [5.41, 5.74) is 6.73. The lowest BCUT2D eigenvalue weighted by Gasteiger charge is -2.18. The summed E-state index contributed by atoms with van der Waals surface area (Å²) < 4.78 is 23.8. The Hall–Kier alpha value is -0.620. The zero-order valence-corrected chi connectivity index (χ0v) is 11.1. The van der Waals surface area contributed by atoms with Gasteiger partial charge in [0, 0.05) is 23.2 Å². The molecule has 1 saturated heterocycles. The predicted octanol–water partition coefficient (Wildman–Crippen LogP) is 1.29. The van der Waals surface area contributed by atoms with E-state index in [4.69, 9.17) is 11.6 Å². The SMILES string of the molecule is CCS(=O)(=O)C1NNCC1c1ccc(Cl)cc1. The highest BCUT2D eigenvalue weighted by atomic mass is 35.5. The van der Waals surface area contributed by atoms with Gasteiger partial charge in [0.25, 0.3) is 0 Å². The van der Waals surface area contributed by atoms with Crippen LogP contribution in [0.4, 0.5) is 0 Å². The van der Waals surface area contributed by atoms with Crippen LogP contribution in [-0.4, -0.2) is 26.1 Å². The van der Waals surface area contributed by atoms with Crippen LogP contribution in [0.15, 0.2) is 24.3 Å². The van der Waals surface area contributed by atoms with Crippen LogP contribution in [0, 0.1) is 0 Å². The van der Waals surface area contributed by atoms with Crippen LogP contribution in [0.25, 0.3) is 0 Å². The van der Waals surface area contributed by atoms with Gasteiger partial charge in [-0.15, -0.1) is 0 Å². The summed E-state index contributed by atoms with van der Waals surface area (Å²) in [6.07, 6.45) is 0. The Balaban J connectivity index is 2.29. The van der Waals surface area contributed by atoms with E-state index in [1.165, 1.54) is 0 Å². The van der Waals surface area contributed by atoms with E-state index in [0.29, 0.717) is 11.6 Å². The molecule has 0 spiro atoms. The summed E-state index contributed by atoms with van der Waals surface area (Å²) in [6, 6.07) is 7.31. The minimum Gasteiger partial charge on any atom is -0.256 e. The van der Waals surface area contributed by atoms with Crippen LogP contribution >= 0.6 is 11.6 Å². The van der Waals surface area contributed by atoms with Crippen molar-refractivity contribution in [2.75, 3.05) is 12.3 Å². The molecule has 2 atom stereocenters. The molecule has 0 amide bonds. The van der Waals surface area contributed by atoms with Gasteiger partial charge in [-0.05, 0) is 17.7 Å². The lowest BCUT2D eigenvalue weighted by atomic mass is 10.0. The molecule has 0 saturated carbocycles. The van der Waals surface area contributed by atoms with Crippen molar-refractivity contribution in [3.05, 3.63) is 34.9 Å². The molecule has 1 heterocycles. The van der Waals surface area contributed by atoms with Gasteiger partial charge in [0.1, 0.15) is 5.37 Å². The maximum Gasteiger partial charge on any atom is 0.167 e. The van der Waals surface area contributed by atoms with Crippen molar-refractivity contribution in [3.8, 4) is 0 Å². The van der Waals surface area contributed by atoms with Gasteiger partial charge in [-0.25, -0.2) is 13.8 Å². The molecule has 0 radical (unpaired) electrons. The Kier molecular flexibility index (Phi) is 3.73. The summed E-state index contributed by atoms with van der Waals surface area (Å²) in [5.74, 6) is 0.0633. The van der Waals surface area contributed by atoms with Crippen molar-refractivity contribution in [3.63, 3.8) is 0 Å². The Morgan fingerprint density at radius 1 is 1.35 bits per heavy atom. The lowest BCUT2D eigenvalue weighted by molar-refractivity contribution is 0.554. The monoisotopic (exact) mass is 274 g/mol. The molecule has 2 unspecified atom stereocenters. The van der Waals surface area contributed by atoms with Gasteiger partial charge in [-0.1, -0.05) is 30.7 Å².